The van der Waals surface area contributed by atoms with Crippen LogP contribution in [0.2, 0.25) is 0 Å². The van der Waals surface area contributed by atoms with Crippen molar-refractivity contribution in [3.63, 3.8) is 0 Å². The molecule has 1 rings (SSSR count). The maximum atomic E-state index is 11.4. The minimum absolute atomic E-state index is 0.0986. The third-order valence-electron chi connectivity index (χ3n) is 2.57. The van der Waals surface area contributed by atoms with Gasteiger partial charge in [0.1, 0.15) is 0 Å². The first-order valence-electron chi connectivity index (χ1n) is 4.92. The molecule has 1 aliphatic rings. The molecule has 2 N–H and O–H groups in total. The van der Waals surface area contributed by atoms with E-state index in [0.29, 0.717) is 19.7 Å². The average Bonchev–Trinajstić information content (AvgIpc) is 2.61. The zero-order valence-corrected chi connectivity index (χ0v) is 8.69. The third kappa shape index (κ3) is 2.36. The summed E-state index contributed by atoms with van der Waals surface area (Å²) in [7, 11) is 1.84. The van der Waals surface area contributed by atoms with Gasteiger partial charge in [0.05, 0.1) is 6.61 Å². The van der Waals surface area contributed by atoms with E-state index < -0.39 is 0 Å². The Morgan fingerprint density at radius 3 is 2.79 bits per heavy atom. The summed E-state index contributed by atoms with van der Waals surface area (Å²) >= 11 is 0. The van der Waals surface area contributed by atoms with Crippen LogP contribution in [0.15, 0.2) is 0 Å². The van der Waals surface area contributed by atoms with Crippen LogP contribution in [0.25, 0.3) is 0 Å². The average molecular weight is 202 g/mol. The first-order valence-corrected chi connectivity index (χ1v) is 4.92. The maximum Gasteiger partial charge on any atom is 0.409 e. The van der Waals surface area contributed by atoms with Crippen molar-refractivity contribution in [1.82, 2.24) is 10.2 Å². The fraction of sp³-hybridized carbons (Fsp3) is 0.889. The molecule has 0 aliphatic carbocycles. The smallest absolute Gasteiger partial charge is 0.409 e. The normalized spacial score (nSPS) is 26.6. The summed E-state index contributed by atoms with van der Waals surface area (Å²) in [4.78, 5) is 13.0. The van der Waals surface area contributed by atoms with E-state index in [4.69, 9.17) is 9.84 Å². The SMILES string of the molecule is CCOC(=O)N1CC(CO)C(NC)C1. The number of aliphatic hydroxyl groups is 1. The molecule has 2 atom stereocenters. The van der Waals surface area contributed by atoms with Crippen molar-refractivity contribution in [3.05, 3.63) is 0 Å². The Labute approximate surface area is 84.0 Å². The van der Waals surface area contributed by atoms with E-state index in [2.05, 4.69) is 5.32 Å². The Hall–Kier alpha value is -0.810. The second-order valence-electron chi connectivity index (χ2n) is 3.44. The number of aliphatic hydroxyl groups excluding tert-OH is 1. The van der Waals surface area contributed by atoms with E-state index in [1.807, 2.05) is 7.05 Å². The molecule has 0 aromatic carbocycles. The summed E-state index contributed by atoms with van der Waals surface area (Å²) in [5, 5.41) is 12.2. The number of hydrogen-bond donors (Lipinski definition) is 2. The highest BCUT2D eigenvalue weighted by Crippen LogP contribution is 2.16. The van der Waals surface area contributed by atoms with E-state index in [1.54, 1.807) is 11.8 Å². The van der Waals surface area contributed by atoms with Gasteiger partial charge in [-0.25, -0.2) is 4.79 Å². The molecule has 0 saturated carbocycles. The van der Waals surface area contributed by atoms with Gasteiger partial charge in [0.15, 0.2) is 0 Å². The van der Waals surface area contributed by atoms with Crippen molar-refractivity contribution in [3.8, 4) is 0 Å². The number of amides is 1. The largest absolute Gasteiger partial charge is 0.450 e. The summed E-state index contributed by atoms with van der Waals surface area (Å²) in [6, 6.07) is 0.171. The van der Waals surface area contributed by atoms with Gasteiger partial charge in [-0.1, -0.05) is 0 Å². The van der Waals surface area contributed by atoms with Crippen LogP contribution in [0, 0.1) is 5.92 Å². The summed E-state index contributed by atoms with van der Waals surface area (Å²) in [5.41, 5.74) is 0. The highest BCUT2D eigenvalue weighted by molar-refractivity contribution is 5.68. The van der Waals surface area contributed by atoms with Crippen LogP contribution in [-0.2, 0) is 4.74 Å². The number of nitrogens with zero attached hydrogens (tertiary/aromatic N) is 1. The predicted molar refractivity (Wildman–Crippen MR) is 52.0 cm³/mol. The van der Waals surface area contributed by atoms with E-state index in [9.17, 15) is 4.79 Å². The van der Waals surface area contributed by atoms with Crippen LogP contribution in [0.4, 0.5) is 4.79 Å². The van der Waals surface area contributed by atoms with Gasteiger partial charge in [0, 0.05) is 31.7 Å². The molecule has 0 bridgehead atoms. The number of hydrogen-bond acceptors (Lipinski definition) is 4. The minimum Gasteiger partial charge on any atom is -0.450 e. The Kier molecular flexibility index (Phi) is 4.16. The van der Waals surface area contributed by atoms with Gasteiger partial charge < -0.3 is 20.1 Å². The molecule has 5 heteroatoms. The molecule has 0 aromatic rings. The minimum atomic E-state index is -0.288. The first kappa shape index (κ1) is 11.3. The van der Waals surface area contributed by atoms with Crippen LogP contribution in [-0.4, -0.2) is 55.5 Å². The monoisotopic (exact) mass is 202 g/mol. The van der Waals surface area contributed by atoms with Gasteiger partial charge in [-0.05, 0) is 14.0 Å². The van der Waals surface area contributed by atoms with Crippen molar-refractivity contribution >= 4 is 6.09 Å². The fourth-order valence-electron chi connectivity index (χ4n) is 1.75. The topological polar surface area (TPSA) is 61.8 Å². The summed E-state index contributed by atoms with van der Waals surface area (Å²) in [6.45, 7) is 3.46. The van der Waals surface area contributed by atoms with Gasteiger partial charge in [0.2, 0.25) is 0 Å². The second kappa shape index (κ2) is 5.17. The highest BCUT2D eigenvalue weighted by Gasteiger charge is 2.34. The van der Waals surface area contributed by atoms with Crippen LogP contribution < -0.4 is 5.32 Å². The molecular weight excluding hydrogens is 184 g/mol. The molecular formula is C9H18N2O3. The Bertz CT molecular complexity index is 186. The van der Waals surface area contributed by atoms with Crippen LogP contribution in [0.5, 0.6) is 0 Å². The molecule has 1 saturated heterocycles. The Morgan fingerprint density at radius 2 is 2.36 bits per heavy atom. The first-order chi connectivity index (χ1) is 6.72. The quantitative estimate of drug-likeness (QED) is 0.657. The lowest BCUT2D eigenvalue weighted by Gasteiger charge is -2.14. The molecule has 1 heterocycles. The zero-order chi connectivity index (χ0) is 10.6. The molecule has 0 radical (unpaired) electrons. The summed E-state index contributed by atoms with van der Waals surface area (Å²) in [5.74, 6) is 0.115. The number of carbonyl (C=O) groups excluding carboxylic acids is 1. The van der Waals surface area contributed by atoms with Crippen LogP contribution in [0.1, 0.15) is 6.92 Å². The van der Waals surface area contributed by atoms with Crippen molar-refractivity contribution in [2.45, 2.75) is 13.0 Å². The lowest BCUT2D eigenvalue weighted by Crippen LogP contribution is -2.35. The fourth-order valence-corrected chi connectivity index (χ4v) is 1.75. The van der Waals surface area contributed by atoms with Gasteiger partial charge in [0.25, 0.3) is 0 Å². The van der Waals surface area contributed by atoms with Crippen molar-refractivity contribution < 1.29 is 14.6 Å². The van der Waals surface area contributed by atoms with Crippen LogP contribution >= 0.6 is 0 Å². The van der Waals surface area contributed by atoms with E-state index in [-0.39, 0.29) is 24.7 Å². The molecule has 0 aromatic heterocycles. The Morgan fingerprint density at radius 1 is 1.64 bits per heavy atom. The Balaban J connectivity index is 2.48. The summed E-state index contributed by atoms with van der Waals surface area (Å²) < 4.78 is 4.89. The van der Waals surface area contributed by atoms with Crippen LogP contribution in [0.3, 0.4) is 0 Å². The van der Waals surface area contributed by atoms with Crippen molar-refractivity contribution in [2.75, 3.05) is 33.4 Å². The van der Waals surface area contributed by atoms with E-state index >= 15 is 0 Å². The molecule has 1 fully saturated rings. The van der Waals surface area contributed by atoms with E-state index in [1.165, 1.54) is 0 Å². The lowest BCUT2D eigenvalue weighted by molar-refractivity contribution is 0.112. The molecule has 2 unspecified atom stereocenters. The third-order valence-corrected chi connectivity index (χ3v) is 2.57. The molecule has 5 nitrogen and oxygen atoms in total. The molecule has 1 aliphatic heterocycles. The molecule has 14 heavy (non-hydrogen) atoms. The second-order valence-corrected chi connectivity index (χ2v) is 3.44. The van der Waals surface area contributed by atoms with Crippen molar-refractivity contribution in [2.24, 2.45) is 5.92 Å². The molecule has 0 spiro atoms. The number of carbonyl (C=O) groups is 1. The number of nitrogens with one attached hydrogen (secondary N) is 1. The van der Waals surface area contributed by atoms with Gasteiger partial charge >= 0.3 is 6.09 Å². The molecule has 1 amide bonds. The van der Waals surface area contributed by atoms with E-state index in [0.717, 1.165) is 0 Å². The summed E-state index contributed by atoms with van der Waals surface area (Å²) in [6.07, 6.45) is -0.288. The number of rotatable bonds is 3. The van der Waals surface area contributed by atoms with Gasteiger partial charge in [-0.15, -0.1) is 0 Å². The standard InChI is InChI=1S/C9H18N2O3/c1-3-14-9(13)11-4-7(6-12)8(5-11)10-2/h7-8,10,12H,3-6H2,1-2H3. The lowest BCUT2D eigenvalue weighted by atomic mass is 10.1. The number of likely N-dealkylation sites (N-methyl/N-ethyl adjacent to an activating group) is 1. The van der Waals surface area contributed by atoms with Crippen molar-refractivity contribution in [1.29, 1.82) is 0 Å². The zero-order valence-electron chi connectivity index (χ0n) is 8.69. The number of ether oxygens (including phenoxy) is 1. The van der Waals surface area contributed by atoms with Gasteiger partial charge in [-0.2, -0.15) is 0 Å². The predicted octanol–water partition coefficient (Wildman–Crippen LogP) is -0.345. The maximum absolute atomic E-state index is 11.4. The highest BCUT2D eigenvalue weighted by atomic mass is 16.6. The van der Waals surface area contributed by atoms with Gasteiger partial charge in [-0.3, -0.25) is 0 Å². The number of likely N-dealkylation sites (tertiary alicyclic amines) is 1. The molecule has 82 valence electrons.